The lowest BCUT2D eigenvalue weighted by molar-refractivity contribution is 0.673. The molecule has 1 heterocycles. The van der Waals surface area contributed by atoms with E-state index >= 15 is 0 Å². The summed E-state index contributed by atoms with van der Waals surface area (Å²) in [7, 11) is 0. The van der Waals surface area contributed by atoms with Crippen molar-refractivity contribution in [1.29, 1.82) is 0 Å². The maximum atomic E-state index is 9.45. The minimum Gasteiger partial charge on any atom is -0.455 e. The van der Waals surface area contributed by atoms with Crippen LogP contribution in [0.1, 0.15) is 17.8 Å². The van der Waals surface area contributed by atoms with Crippen molar-refractivity contribution in [3.63, 3.8) is 0 Å². The first-order chi connectivity index (χ1) is 29.7. The van der Waals surface area contributed by atoms with Crippen LogP contribution in [-0.4, -0.2) is 0 Å². The van der Waals surface area contributed by atoms with E-state index in [1.54, 1.807) is 0 Å². The average molecular weight is 636 g/mol. The lowest BCUT2D eigenvalue weighted by Gasteiger charge is -2.18. The minimum absolute atomic E-state index is 0.0201. The zero-order chi connectivity index (χ0) is 43.6. The standard InChI is InChI=1S/C48H30O/c1-2-10-31(11-3-1)32-18-20-33(21-19-32)34-22-24-36(25-23-34)46-40-14-6-8-16-42(40)47(43-17-9-7-15-41(43)46)37-27-28-39-44-29-26-35-12-4-5-13-38(35)48(44)49-45(39)30-37/h1-30H/i1D,2D,3D,10D,11D,18D,19D,20D,21D,22D,23D,24D,25D. The number of benzene rings is 9. The van der Waals surface area contributed by atoms with Crippen molar-refractivity contribution in [3.05, 3.63) is 182 Å². The van der Waals surface area contributed by atoms with Gasteiger partial charge in [-0.3, -0.25) is 0 Å². The number of hydrogen-bond donors (Lipinski definition) is 0. The summed E-state index contributed by atoms with van der Waals surface area (Å²) in [6, 6.07) is 24.7. The molecule has 1 heteroatoms. The van der Waals surface area contributed by atoms with Gasteiger partial charge in [-0.2, -0.15) is 0 Å². The molecule has 0 saturated carbocycles. The van der Waals surface area contributed by atoms with Gasteiger partial charge in [-0.15, -0.1) is 0 Å². The van der Waals surface area contributed by atoms with Crippen LogP contribution in [0.3, 0.4) is 0 Å². The lowest BCUT2D eigenvalue weighted by Crippen LogP contribution is -1.91. The Morgan fingerprint density at radius 1 is 0.347 bits per heavy atom. The van der Waals surface area contributed by atoms with E-state index in [0.717, 1.165) is 49.0 Å². The Morgan fingerprint density at radius 3 is 1.41 bits per heavy atom. The van der Waals surface area contributed by atoms with Gasteiger partial charge in [0.2, 0.25) is 0 Å². The van der Waals surface area contributed by atoms with E-state index < -0.39 is 101 Å². The Hall–Kier alpha value is -6.44. The van der Waals surface area contributed by atoms with E-state index in [0.29, 0.717) is 21.9 Å². The Balaban J connectivity index is 1.20. The largest absolute Gasteiger partial charge is 0.455 e. The van der Waals surface area contributed by atoms with Crippen LogP contribution in [-0.2, 0) is 0 Å². The van der Waals surface area contributed by atoms with E-state index in [1.807, 2.05) is 91.0 Å². The Bertz CT molecular complexity index is 3490. The molecule has 1 nitrogen and oxygen atoms in total. The van der Waals surface area contributed by atoms with E-state index in [2.05, 4.69) is 12.1 Å². The van der Waals surface area contributed by atoms with Crippen molar-refractivity contribution >= 4 is 54.3 Å². The van der Waals surface area contributed by atoms with Gasteiger partial charge >= 0.3 is 0 Å². The second-order valence-electron chi connectivity index (χ2n) is 11.8. The fourth-order valence-electron chi connectivity index (χ4n) is 6.87. The molecule has 0 saturated heterocycles. The minimum atomic E-state index is -0.762. The van der Waals surface area contributed by atoms with Crippen LogP contribution >= 0.6 is 0 Å². The van der Waals surface area contributed by atoms with Crippen LogP contribution in [0.25, 0.3) is 98.8 Å². The maximum absolute atomic E-state index is 9.45. The van der Waals surface area contributed by atoms with E-state index in [1.165, 1.54) is 0 Å². The molecule has 1 aromatic heterocycles. The molecule has 10 aromatic rings. The van der Waals surface area contributed by atoms with Gasteiger partial charge < -0.3 is 4.42 Å². The highest BCUT2D eigenvalue weighted by Crippen LogP contribution is 2.45. The fraction of sp³-hybridized carbons (Fsp3) is 0. The van der Waals surface area contributed by atoms with Crippen molar-refractivity contribution in [2.45, 2.75) is 0 Å². The first kappa shape index (κ1) is 17.6. The van der Waals surface area contributed by atoms with E-state index in [9.17, 15) is 5.48 Å². The number of rotatable bonds is 4. The molecule has 10 rings (SSSR count). The number of furan rings is 1. The summed E-state index contributed by atoms with van der Waals surface area (Å²) in [5.41, 5.74) is 1.61. The van der Waals surface area contributed by atoms with Gasteiger partial charge in [-0.25, -0.2) is 0 Å². The molecule has 0 aliphatic heterocycles. The zero-order valence-electron chi connectivity index (χ0n) is 38.7. The predicted octanol–water partition coefficient (Wildman–Crippen LogP) is 13.7. The van der Waals surface area contributed by atoms with Crippen LogP contribution in [0.15, 0.2) is 186 Å². The van der Waals surface area contributed by atoms with Gasteiger partial charge in [0.1, 0.15) is 11.2 Å². The summed E-state index contributed by atoms with van der Waals surface area (Å²) in [6.07, 6.45) is 0. The smallest absolute Gasteiger partial charge is 0.143 e. The average Bonchev–Trinajstić information content (AvgIpc) is 3.67. The summed E-state index contributed by atoms with van der Waals surface area (Å²) in [5.74, 6) is 0. The van der Waals surface area contributed by atoms with Crippen LogP contribution in [0.4, 0.5) is 0 Å². The van der Waals surface area contributed by atoms with E-state index in [4.69, 9.17) is 16.8 Å². The highest BCUT2D eigenvalue weighted by molar-refractivity contribution is 6.22. The van der Waals surface area contributed by atoms with Crippen LogP contribution in [0.5, 0.6) is 0 Å². The fourth-order valence-corrected chi connectivity index (χ4v) is 6.87. The van der Waals surface area contributed by atoms with Crippen molar-refractivity contribution in [2.24, 2.45) is 0 Å². The Labute approximate surface area is 302 Å². The summed E-state index contributed by atoms with van der Waals surface area (Å²) in [5, 5.41) is 6.92. The molecule has 228 valence electrons. The Kier molecular flexibility index (Phi) is 3.99. The van der Waals surface area contributed by atoms with Crippen molar-refractivity contribution < 1.29 is 22.2 Å². The zero-order valence-corrected chi connectivity index (χ0v) is 25.7. The molecule has 0 atom stereocenters. The summed E-state index contributed by atoms with van der Waals surface area (Å²) >= 11 is 0. The maximum Gasteiger partial charge on any atom is 0.143 e. The molecular weight excluding hydrogens is 593 g/mol. The molecule has 0 radical (unpaired) electrons. The van der Waals surface area contributed by atoms with Crippen molar-refractivity contribution in [1.82, 2.24) is 0 Å². The SMILES string of the molecule is [2H]c1c([2H])c([2H])c(-c2c([2H])c([2H])c(-c3c([2H])c([2H])c(-c4c5ccccc5c(-c5ccc6c(c5)oc5c7ccccc7ccc65)c5ccccc45)c([2H])c3[2H])c([2H])c2[2H])c([2H])c1[2H]. The molecule has 9 aromatic carbocycles. The molecule has 0 unspecified atom stereocenters. The molecule has 0 N–H and O–H groups in total. The Morgan fingerprint density at radius 2 is 0.816 bits per heavy atom. The number of hydrogen-bond acceptors (Lipinski definition) is 1. The van der Waals surface area contributed by atoms with Gasteiger partial charge in [0.05, 0.1) is 17.8 Å². The van der Waals surface area contributed by atoms with Gasteiger partial charge in [0, 0.05) is 16.2 Å². The summed E-state index contributed by atoms with van der Waals surface area (Å²) in [4.78, 5) is 0. The second kappa shape index (κ2) is 11.1. The molecule has 0 fully saturated rings. The molecule has 0 amide bonds. The lowest BCUT2D eigenvalue weighted by atomic mass is 9.85. The monoisotopic (exact) mass is 635 g/mol. The van der Waals surface area contributed by atoms with Crippen molar-refractivity contribution in [2.75, 3.05) is 0 Å². The second-order valence-corrected chi connectivity index (χ2v) is 11.8. The van der Waals surface area contributed by atoms with Crippen molar-refractivity contribution in [3.8, 4) is 44.5 Å². The van der Waals surface area contributed by atoms with E-state index in [-0.39, 0.29) is 5.56 Å². The molecule has 0 spiro atoms. The molecule has 49 heavy (non-hydrogen) atoms. The molecule has 0 aliphatic carbocycles. The molecule has 0 bridgehead atoms. The molecule has 0 aliphatic rings. The normalized spacial score (nSPS) is 15.4. The molecular formula is C48H30O. The van der Waals surface area contributed by atoms with Gasteiger partial charge in [-0.05, 0) is 89.6 Å². The van der Waals surface area contributed by atoms with Crippen LogP contribution < -0.4 is 0 Å². The third-order valence-corrected chi connectivity index (χ3v) is 9.08. The quantitative estimate of drug-likeness (QED) is 0.175. The predicted molar refractivity (Wildman–Crippen MR) is 208 cm³/mol. The third-order valence-electron chi connectivity index (χ3n) is 9.08. The van der Waals surface area contributed by atoms with Gasteiger partial charge in [-0.1, -0.05) is 163 Å². The summed E-state index contributed by atoms with van der Waals surface area (Å²) < 4.78 is 121. The highest BCUT2D eigenvalue weighted by atomic mass is 16.3. The van der Waals surface area contributed by atoms with Crippen LogP contribution in [0.2, 0.25) is 0 Å². The summed E-state index contributed by atoms with van der Waals surface area (Å²) in [6.45, 7) is 0. The number of fused-ring (bicyclic) bond motifs is 7. The first-order valence-electron chi connectivity index (χ1n) is 22.3. The topological polar surface area (TPSA) is 13.1 Å². The van der Waals surface area contributed by atoms with Crippen LogP contribution in [0, 0.1) is 0 Å². The third kappa shape index (κ3) is 4.47. The van der Waals surface area contributed by atoms with Gasteiger partial charge in [0.25, 0.3) is 0 Å². The van der Waals surface area contributed by atoms with Gasteiger partial charge in [0.15, 0.2) is 0 Å². The highest BCUT2D eigenvalue weighted by Gasteiger charge is 2.18. The first-order valence-corrected chi connectivity index (χ1v) is 15.8.